The number of para-hydroxylation sites is 1. The molecule has 3 nitrogen and oxygen atoms in total. The normalized spacial score (nSPS) is 15.7. The number of hydrogen-bond acceptors (Lipinski definition) is 1. The first-order chi connectivity index (χ1) is 10.3. The zero-order valence-corrected chi connectivity index (χ0v) is 12.8. The van der Waals surface area contributed by atoms with Crippen molar-refractivity contribution in [3.05, 3.63) is 60.2 Å². The Hall–Kier alpha value is -2.11. The Labute approximate surface area is 130 Å². The monoisotopic (exact) mass is 360 g/mol. The summed E-state index contributed by atoms with van der Waals surface area (Å²) >= 11 is 0. The molecule has 0 saturated heterocycles. The fourth-order valence-electron chi connectivity index (χ4n) is 1.13. The third-order valence-corrected chi connectivity index (χ3v) is 1.97. The molecular weight excluding hydrogens is 345 g/mol. The van der Waals surface area contributed by atoms with Gasteiger partial charge in [-0.05, 0) is 12.1 Å². The van der Waals surface area contributed by atoms with Crippen LogP contribution in [0.1, 0.15) is 7.85 Å². The predicted octanol–water partition coefficient (Wildman–Crippen LogP) is 6.36. The standard InChI is InChI=1S/C7H8O.C6H6N2.F6P/c1-8-7-5-3-2-4-6-7;7-8-6-4-2-1-3-5-6;1-7(2,3,4,5)6/h2-6H,1H3;1-4H,5H2;/q;;-1/p+1. The van der Waals surface area contributed by atoms with Gasteiger partial charge in [-0.25, -0.2) is 0 Å². The number of hydrogen-bond donors (Lipinski definition) is 0. The third kappa shape index (κ3) is 19.9. The van der Waals surface area contributed by atoms with Crippen LogP contribution in [0.2, 0.25) is 0 Å². The number of nitrogens with zero attached hydrogens (tertiary/aromatic N) is 2. The van der Waals surface area contributed by atoms with Crippen LogP contribution < -0.4 is 4.74 Å². The maximum absolute atomic E-state index is 10.7. The molecule has 10 heteroatoms. The molecule has 0 amide bonds. The van der Waals surface area contributed by atoms with Crippen LogP contribution in [0.3, 0.4) is 0 Å². The van der Waals surface area contributed by atoms with Gasteiger partial charge in [0, 0.05) is 6.08 Å². The molecule has 1 aromatic rings. The minimum absolute atomic E-state index is 0. The van der Waals surface area contributed by atoms with E-state index < -0.39 is 7.81 Å². The molecule has 130 valence electrons. The van der Waals surface area contributed by atoms with Crippen molar-refractivity contribution in [2.24, 2.45) is 0 Å². The van der Waals surface area contributed by atoms with Crippen LogP contribution in [0, 0.1) is 0 Å². The Balaban J connectivity index is 0. The predicted molar refractivity (Wildman–Crippen MR) is 79.2 cm³/mol. The Kier molecular flexibility index (Phi) is 6.76. The van der Waals surface area contributed by atoms with Crippen LogP contribution in [-0.4, -0.2) is 17.6 Å². The van der Waals surface area contributed by atoms with E-state index in [0.717, 1.165) is 12.2 Å². The molecule has 0 N–H and O–H groups in total. The fourth-order valence-corrected chi connectivity index (χ4v) is 1.13. The van der Waals surface area contributed by atoms with Crippen LogP contribution >= 0.6 is 7.81 Å². The first kappa shape index (κ1) is 20.9. The van der Waals surface area contributed by atoms with Crippen molar-refractivity contribution in [3.63, 3.8) is 0 Å². The maximum Gasteiger partial charge on any atom is 1.00 e. The summed E-state index contributed by atoms with van der Waals surface area (Å²) in [6.45, 7) is 0. The van der Waals surface area contributed by atoms with Crippen LogP contribution in [0.15, 0.2) is 54.6 Å². The van der Waals surface area contributed by atoms with Crippen LogP contribution in [0.4, 0.5) is 25.2 Å². The second-order valence-corrected chi connectivity index (χ2v) is 5.97. The zero-order valence-electron chi connectivity index (χ0n) is 12.9. The van der Waals surface area contributed by atoms with E-state index in [1.165, 1.54) is 0 Å². The van der Waals surface area contributed by atoms with Gasteiger partial charge < -0.3 is 10.3 Å². The summed E-state index contributed by atoms with van der Waals surface area (Å²) in [6, 6.07) is 9.68. The molecule has 1 aromatic carbocycles. The van der Waals surface area contributed by atoms with Crippen molar-refractivity contribution in [3.8, 4) is 5.75 Å². The molecule has 2 rings (SSSR count). The molecule has 23 heavy (non-hydrogen) atoms. The minimum atomic E-state index is -10.7. The van der Waals surface area contributed by atoms with E-state index in [9.17, 15) is 25.2 Å². The molecule has 0 unspecified atom stereocenters. The molecule has 0 aromatic heterocycles. The molecule has 0 fully saturated rings. The van der Waals surface area contributed by atoms with Gasteiger partial charge in [-0.15, -0.1) is 0 Å². The van der Waals surface area contributed by atoms with Gasteiger partial charge in [-0.3, -0.25) is 0 Å². The second kappa shape index (κ2) is 7.44. The van der Waals surface area contributed by atoms with Gasteiger partial charge in [-0.2, -0.15) is 4.79 Å². The van der Waals surface area contributed by atoms with E-state index in [1.54, 1.807) is 13.2 Å². The van der Waals surface area contributed by atoms with Crippen molar-refractivity contribution in [1.29, 1.82) is 0 Å². The minimum Gasteiger partial charge on any atom is -0.361 e. The van der Waals surface area contributed by atoms with E-state index >= 15 is 0 Å². The number of ether oxygens (including phenoxy) is 1. The summed E-state index contributed by atoms with van der Waals surface area (Å²) in [6.07, 6.45) is 8.23. The number of halogens is 6. The topological polar surface area (TPSA) is 45.6 Å². The van der Waals surface area contributed by atoms with E-state index in [4.69, 9.17) is 10.3 Å². The second-order valence-electron chi connectivity index (χ2n) is 4.06. The van der Waals surface area contributed by atoms with Gasteiger partial charge in [0.15, 0.2) is 0 Å². The first-order valence-corrected chi connectivity index (χ1v) is 8.04. The summed E-state index contributed by atoms with van der Waals surface area (Å²) in [5, 5.41) is 0. The van der Waals surface area contributed by atoms with Crippen molar-refractivity contribution in [2.45, 2.75) is 6.42 Å². The van der Waals surface area contributed by atoms with Gasteiger partial charge in [0.2, 0.25) is 0 Å². The molecule has 0 heterocycles. The van der Waals surface area contributed by atoms with Gasteiger partial charge in [0.1, 0.15) is 5.75 Å². The third-order valence-electron chi connectivity index (χ3n) is 1.97. The summed E-state index contributed by atoms with van der Waals surface area (Å²) in [4.78, 5) is 3.03. The van der Waals surface area contributed by atoms with Gasteiger partial charge >= 0.3 is 34.4 Å². The molecule has 1 aliphatic carbocycles. The zero-order chi connectivity index (χ0) is 18.0. The van der Waals surface area contributed by atoms with Crippen molar-refractivity contribution >= 4 is 13.5 Å². The van der Waals surface area contributed by atoms with Gasteiger partial charge in [-0.1, -0.05) is 36.4 Å². The van der Waals surface area contributed by atoms with Gasteiger partial charge in [0.05, 0.1) is 13.5 Å². The summed E-state index contributed by atoms with van der Waals surface area (Å²) in [7, 11) is -9.00. The largest absolute Gasteiger partial charge is 1.00 e. The molecule has 0 radical (unpaired) electrons. The van der Waals surface area contributed by atoms with Gasteiger partial charge in [0.25, 0.3) is 5.71 Å². The average molecular weight is 360 g/mol. The molecule has 1 aliphatic rings. The number of allylic oxidation sites excluding steroid dienone is 4. The summed E-state index contributed by atoms with van der Waals surface area (Å²) in [5.41, 5.74) is 8.91. The molecular formula is C13H15F6N2OP. The van der Waals surface area contributed by atoms with E-state index in [-0.39, 0.29) is 1.43 Å². The van der Waals surface area contributed by atoms with Crippen LogP contribution in [-0.2, 0) is 0 Å². The van der Waals surface area contributed by atoms with Crippen LogP contribution in [0.25, 0.3) is 5.53 Å². The van der Waals surface area contributed by atoms with E-state index in [2.05, 4.69) is 4.79 Å². The number of benzene rings is 1. The number of methoxy groups -OCH3 is 1. The molecule has 0 atom stereocenters. The fraction of sp³-hybridized carbons (Fsp3) is 0.154. The quantitative estimate of drug-likeness (QED) is 0.249. The van der Waals surface area contributed by atoms with Crippen LogP contribution in [0.5, 0.6) is 5.75 Å². The smallest absolute Gasteiger partial charge is 0.361 e. The first-order valence-electron chi connectivity index (χ1n) is 6.01. The van der Waals surface area contributed by atoms with Crippen molar-refractivity contribution in [1.82, 2.24) is 0 Å². The summed E-state index contributed by atoms with van der Waals surface area (Å²) < 4.78 is 64.1. The summed E-state index contributed by atoms with van der Waals surface area (Å²) in [5.74, 6) is 0.910. The number of rotatable bonds is 1. The Morgan fingerprint density at radius 2 is 1.57 bits per heavy atom. The van der Waals surface area contributed by atoms with Crippen molar-refractivity contribution in [2.75, 3.05) is 7.11 Å². The Bertz CT molecular complexity index is 599. The van der Waals surface area contributed by atoms with Crippen molar-refractivity contribution < 1.29 is 36.1 Å². The molecule has 0 aliphatic heterocycles. The Morgan fingerprint density at radius 1 is 1.04 bits per heavy atom. The van der Waals surface area contributed by atoms with E-state index in [0.29, 0.717) is 5.71 Å². The molecule has 0 bridgehead atoms. The maximum atomic E-state index is 9.87. The average Bonchev–Trinajstić information content (AvgIpc) is 2.46. The molecule has 0 saturated carbocycles. The Morgan fingerprint density at radius 3 is 1.83 bits per heavy atom. The van der Waals surface area contributed by atoms with E-state index in [1.807, 2.05) is 48.6 Å². The SMILES string of the molecule is COc1ccccc1.F[P-](F)(F)(F)(F)F.[H+].[N-]=[N+]=C1C=CC=CC1. The molecule has 0 spiro atoms.